The molecule has 2 heterocycles. The number of likely N-dealkylation sites (tertiary alicyclic amines) is 1. The Morgan fingerprint density at radius 2 is 2.12 bits per heavy atom. The molecule has 25 heavy (non-hydrogen) atoms. The smallest absolute Gasteiger partial charge is 0.191 e. The zero-order valence-electron chi connectivity index (χ0n) is 15.8. The zero-order valence-corrected chi connectivity index (χ0v) is 15.8. The lowest BCUT2D eigenvalue weighted by Gasteiger charge is -2.40. The molecule has 6 heteroatoms. The number of guanidine groups is 1. The minimum Gasteiger partial charge on any atom is -0.359 e. The number of piperidine rings is 1. The van der Waals surface area contributed by atoms with Gasteiger partial charge in [-0.3, -0.25) is 9.89 Å². The van der Waals surface area contributed by atoms with Gasteiger partial charge >= 0.3 is 0 Å². The maximum Gasteiger partial charge on any atom is 0.191 e. The van der Waals surface area contributed by atoms with Crippen LogP contribution in [0.3, 0.4) is 0 Å². The van der Waals surface area contributed by atoms with Gasteiger partial charge in [0, 0.05) is 31.7 Å². The lowest BCUT2D eigenvalue weighted by atomic mass is 9.92. The van der Waals surface area contributed by atoms with E-state index in [2.05, 4.69) is 32.6 Å². The molecule has 140 valence electrons. The highest BCUT2D eigenvalue weighted by atomic mass is 16.5. The van der Waals surface area contributed by atoms with Gasteiger partial charge in [-0.15, -0.1) is 0 Å². The van der Waals surface area contributed by atoms with Crippen molar-refractivity contribution in [1.29, 1.82) is 0 Å². The number of aromatic nitrogens is 1. The van der Waals surface area contributed by atoms with Crippen molar-refractivity contribution in [2.24, 2.45) is 4.99 Å². The van der Waals surface area contributed by atoms with Gasteiger partial charge in [-0.1, -0.05) is 31.3 Å². The summed E-state index contributed by atoms with van der Waals surface area (Å²) in [7, 11) is 1.83. The molecule has 0 bridgehead atoms. The monoisotopic (exact) mass is 347 g/mol. The topological polar surface area (TPSA) is 65.7 Å². The predicted molar refractivity (Wildman–Crippen MR) is 101 cm³/mol. The van der Waals surface area contributed by atoms with Crippen LogP contribution < -0.4 is 10.6 Å². The minimum atomic E-state index is 0.475. The van der Waals surface area contributed by atoms with Crippen LogP contribution >= 0.6 is 0 Å². The van der Waals surface area contributed by atoms with Gasteiger partial charge in [0.05, 0.1) is 12.2 Å². The van der Waals surface area contributed by atoms with Gasteiger partial charge < -0.3 is 15.2 Å². The summed E-state index contributed by atoms with van der Waals surface area (Å²) < 4.78 is 5.33. The number of aliphatic imine (C=N–C) groups is 1. The molecular weight excluding hydrogens is 314 g/mol. The van der Waals surface area contributed by atoms with E-state index in [4.69, 9.17) is 4.52 Å². The Morgan fingerprint density at radius 1 is 1.28 bits per heavy atom. The second-order valence-electron chi connectivity index (χ2n) is 7.33. The fraction of sp³-hybridized carbons (Fsp3) is 0.789. The van der Waals surface area contributed by atoms with Crippen molar-refractivity contribution < 1.29 is 4.52 Å². The summed E-state index contributed by atoms with van der Waals surface area (Å²) in [6.07, 6.45) is 10.4. The zero-order chi connectivity index (χ0) is 17.5. The van der Waals surface area contributed by atoms with Gasteiger partial charge in [0.15, 0.2) is 11.7 Å². The average Bonchev–Trinajstić information content (AvgIpc) is 3.14. The second kappa shape index (κ2) is 9.22. The second-order valence-corrected chi connectivity index (χ2v) is 7.33. The van der Waals surface area contributed by atoms with Crippen molar-refractivity contribution in [2.75, 3.05) is 20.1 Å². The van der Waals surface area contributed by atoms with Crippen LogP contribution in [0.4, 0.5) is 0 Å². The maximum absolute atomic E-state index is 5.33. The molecule has 2 fully saturated rings. The summed E-state index contributed by atoms with van der Waals surface area (Å²) >= 11 is 0. The van der Waals surface area contributed by atoms with Crippen molar-refractivity contribution in [3.05, 3.63) is 17.5 Å². The third-order valence-corrected chi connectivity index (χ3v) is 5.51. The van der Waals surface area contributed by atoms with Gasteiger partial charge in [0.25, 0.3) is 0 Å². The molecule has 1 saturated carbocycles. The molecule has 1 aromatic rings. The Kier molecular flexibility index (Phi) is 6.73. The Morgan fingerprint density at radius 3 is 2.84 bits per heavy atom. The van der Waals surface area contributed by atoms with Crippen LogP contribution in [0.5, 0.6) is 0 Å². The molecule has 2 N–H and O–H groups in total. The Balaban J connectivity index is 1.47. The van der Waals surface area contributed by atoms with E-state index in [1.54, 1.807) is 0 Å². The van der Waals surface area contributed by atoms with Gasteiger partial charge in [0.1, 0.15) is 0 Å². The number of rotatable bonds is 5. The molecule has 0 radical (unpaired) electrons. The first kappa shape index (κ1) is 18.2. The quantitative estimate of drug-likeness (QED) is 0.633. The molecule has 0 amide bonds. The van der Waals surface area contributed by atoms with Crippen LogP contribution in [0.15, 0.2) is 15.6 Å². The van der Waals surface area contributed by atoms with E-state index in [1.807, 2.05) is 13.1 Å². The summed E-state index contributed by atoms with van der Waals surface area (Å²) in [5, 5.41) is 11.0. The molecule has 0 spiro atoms. The molecule has 1 atom stereocenters. The van der Waals surface area contributed by atoms with E-state index in [0.29, 0.717) is 12.6 Å². The highest BCUT2D eigenvalue weighted by Crippen LogP contribution is 2.25. The number of hydrogen-bond donors (Lipinski definition) is 2. The van der Waals surface area contributed by atoms with Crippen LogP contribution in [0, 0.1) is 0 Å². The number of nitrogens with zero attached hydrogens (tertiary/aromatic N) is 3. The van der Waals surface area contributed by atoms with Crippen molar-refractivity contribution in [3.8, 4) is 0 Å². The van der Waals surface area contributed by atoms with Gasteiger partial charge in [0.2, 0.25) is 0 Å². The van der Waals surface area contributed by atoms with E-state index in [0.717, 1.165) is 36.4 Å². The molecule has 3 rings (SSSR count). The molecule has 6 nitrogen and oxygen atoms in total. The van der Waals surface area contributed by atoms with E-state index < -0.39 is 0 Å². The molecule has 1 aliphatic carbocycles. The van der Waals surface area contributed by atoms with E-state index in [-0.39, 0.29) is 0 Å². The summed E-state index contributed by atoms with van der Waals surface area (Å²) in [6, 6.07) is 3.28. The van der Waals surface area contributed by atoms with Crippen LogP contribution in [0.25, 0.3) is 0 Å². The van der Waals surface area contributed by atoms with Crippen LogP contribution in [-0.2, 0) is 13.0 Å². The Labute approximate surface area is 151 Å². The van der Waals surface area contributed by atoms with Crippen molar-refractivity contribution >= 4 is 5.96 Å². The fourth-order valence-corrected chi connectivity index (χ4v) is 4.07. The largest absolute Gasteiger partial charge is 0.359 e. The van der Waals surface area contributed by atoms with Crippen LogP contribution in [-0.4, -0.2) is 48.2 Å². The first-order chi connectivity index (χ1) is 12.3. The van der Waals surface area contributed by atoms with E-state index >= 15 is 0 Å². The summed E-state index contributed by atoms with van der Waals surface area (Å²) in [4.78, 5) is 7.08. The molecular formula is C19H33N5O. The van der Waals surface area contributed by atoms with E-state index in [1.165, 1.54) is 51.5 Å². The van der Waals surface area contributed by atoms with Gasteiger partial charge in [-0.25, -0.2) is 0 Å². The lowest BCUT2D eigenvalue weighted by molar-refractivity contribution is 0.115. The number of nitrogens with one attached hydrogen (secondary N) is 2. The van der Waals surface area contributed by atoms with Gasteiger partial charge in [-0.2, -0.15) is 0 Å². The summed E-state index contributed by atoms with van der Waals surface area (Å²) in [6.45, 7) is 5.09. The molecule has 1 aliphatic heterocycles. The van der Waals surface area contributed by atoms with E-state index in [9.17, 15) is 0 Å². The predicted octanol–water partition coefficient (Wildman–Crippen LogP) is 2.70. The maximum atomic E-state index is 5.33. The fourth-order valence-electron chi connectivity index (χ4n) is 4.07. The summed E-state index contributed by atoms with van der Waals surface area (Å²) in [5.74, 6) is 1.71. The lowest BCUT2D eigenvalue weighted by Crippen LogP contribution is -2.53. The van der Waals surface area contributed by atoms with Crippen LogP contribution in [0.1, 0.15) is 63.3 Å². The van der Waals surface area contributed by atoms with Crippen molar-refractivity contribution in [1.82, 2.24) is 20.7 Å². The molecule has 1 saturated heterocycles. The standard InChI is InChI=1S/C19H33N5O/c1-3-15-12-18(25-23-15)13-21-19(20-2)22-16-8-7-11-24(14-16)17-9-5-4-6-10-17/h12,16-17H,3-11,13-14H2,1-2H3,(H2,20,21,22). The molecule has 2 aliphatic rings. The number of aryl methyl sites for hydroxylation is 1. The SMILES string of the molecule is CCc1cc(CNC(=NC)NC2CCCN(C3CCCCC3)C2)on1. The Bertz CT molecular complexity index is 550. The average molecular weight is 348 g/mol. The highest BCUT2D eigenvalue weighted by Gasteiger charge is 2.27. The van der Waals surface area contributed by atoms with Crippen molar-refractivity contribution in [2.45, 2.75) is 76.9 Å². The molecule has 1 unspecified atom stereocenters. The third-order valence-electron chi connectivity index (χ3n) is 5.51. The van der Waals surface area contributed by atoms with Crippen LogP contribution in [0.2, 0.25) is 0 Å². The highest BCUT2D eigenvalue weighted by molar-refractivity contribution is 5.79. The number of hydrogen-bond acceptors (Lipinski definition) is 4. The third kappa shape index (κ3) is 5.21. The molecule has 0 aromatic carbocycles. The van der Waals surface area contributed by atoms with Gasteiger partial charge in [-0.05, 0) is 38.6 Å². The molecule has 1 aromatic heterocycles. The Hall–Kier alpha value is -1.56. The normalized spacial score (nSPS) is 23.6. The van der Waals surface area contributed by atoms with Crippen molar-refractivity contribution in [3.63, 3.8) is 0 Å². The first-order valence-electron chi connectivity index (χ1n) is 9.94. The summed E-state index contributed by atoms with van der Waals surface area (Å²) in [5.41, 5.74) is 0.996. The first-order valence-corrected chi connectivity index (χ1v) is 9.94. The minimum absolute atomic E-state index is 0.475.